The maximum absolute atomic E-state index is 12.6. The largest absolute Gasteiger partial charge is 0.409 e. The number of nitrogens with one attached hydrogen (secondary N) is 1. The number of hydrogen-bond donors (Lipinski definition) is 3. The van der Waals surface area contributed by atoms with Crippen LogP contribution in [0.5, 0.6) is 0 Å². The highest BCUT2D eigenvalue weighted by molar-refractivity contribution is 6.34. The van der Waals surface area contributed by atoms with Crippen LogP contribution >= 0.6 is 11.6 Å². The molecule has 1 aromatic carbocycles. The maximum atomic E-state index is 12.6. The fraction of sp³-hybridized carbons (Fsp3) is 0.429. The topological polar surface area (TPSA) is 87.7 Å². The lowest BCUT2D eigenvalue weighted by molar-refractivity contribution is -0.122. The molecule has 0 unspecified atom stereocenters. The first-order chi connectivity index (χ1) is 9.51. The fourth-order valence-corrected chi connectivity index (χ4v) is 2.97. The van der Waals surface area contributed by atoms with Gasteiger partial charge in [-0.2, -0.15) is 0 Å². The Balaban J connectivity index is 2.31. The summed E-state index contributed by atoms with van der Waals surface area (Å²) in [5, 5.41) is 15.3. The molecule has 4 N–H and O–H groups in total. The van der Waals surface area contributed by atoms with Crippen LogP contribution < -0.4 is 11.1 Å². The Kier molecular flexibility index (Phi) is 4.18. The third-order valence-electron chi connectivity index (χ3n) is 3.95. The van der Waals surface area contributed by atoms with Gasteiger partial charge in [-0.3, -0.25) is 4.79 Å². The minimum absolute atomic E-state index is 0.0304. The van der Waals surface area contributed by atoms with E-state index >= 15 is 0 Å². The molecule has 1 amide bonds. The Morgan fingerprint density at radius 1 is 1.45 bits per heavy atom. The molecule has 0 atom stereocenters. The first kappa shape index (κ1) is 14.7. The highest BCUT2D eigenvalue weighted by Crippen LogP contribution is 2.40. The Bertz CT molecular complexity index is 531. The van der Waals surface area contributed by atoms with Gasteiger partial charge in [0.15, 0.2) is 5.84 Å². The Morgan fingerprint density at radius 2 is 2.10 bits per heavy atom. The van der Waals surface area contributed by atoms with Crippen molar-refractivity contribution in [1.82, 2.24) is 0 Å². The van der Waals surface area contributed by atoms with Crippen LogP contribution in [0.2, 0.25) is 5.02 Å². The maximum Gasteiger partial charge on any atom is 0.238 e. The highest BCUT2D eigenvalue weighted by atomic mass is 35.5. The van der Waals surface area contributed by atoms with Crippen LogP contribution in [0.4, 0.5) is 5.69 Å². The van der Waals surface area contributed by atoms with Crippen molar-refractivity contribution in [1.29, 1.82) is 0 Å². The fourth-order valence-electron chi connectivity index (χ4n) is 2.70. The highest BCUT2D eigenvalue weighted by Gasteiger charge is 2.45. The van der Waals surface area contributed by atoms with Gasteiger partial charge in [0, 0.05) is 0 Å². The molecule has 1 saturated carbocycles. The van der Waals surface area contributed by atoms with Crippen LogP contribution in [0.1, 0.15) is 31.2 Å². The molecular weight excluding hydrogens is 278 g/mol. The summed E-state index contributed by atoms with van der Waals surface area (Å²) in [6.45, 7) is 1.87. The van der Waals surface area contributed by atoms with E-state index in [2.05, 4.69) is 10.5 Å². The number of aryl methyl sites for hydroxylation is 1. The predicted octanol–water partition coefficient (Wildman–Crippen LogP) is 2.89. The summed E-state index contributed by atoms with van der Waals surface area (Å²) in [6.07, 6.45) is 2.92. The summed E-state index contributed by atoms with van der Waals surface area (Å²) in [7, 11) is 0. The minimum Gasteiger partial charge on any atom is -0.409 e. The zero-order valence-corrected chi connectivity index (χ0v) is 12.1. The number of para-hydroxylation sites is 1. The summed E-state index contributed by atoms with van der Waals surface area (Å²) in [6, 6.07) is 5.41. The van der Waals surface area contributed by atoms with Crippen molar-refractivity contribution in [2.75, 3.05) is 5.32 Å². The molecule has 0 aliphatic heterocycles. The number of anilines is 1. The smallest absolute Gasteiger partial charge is 0.238 e. The average molecular weight is 296 g/mol. The van der Waals surface area contributed by atoms with Crippen molar-refractivity contribution in [2.45, 2.75) is 32.6 Å². The van der Waals surface area contributed by atoms with Gasteiger partial charge >= 0.3 is 0 Å². The summed E-state index contributed by atoms with van der Waals surface area (Å²) < 4.78 is 0. The minimum atomic E-state index is -0.930. The van der Waals surface area contributed by atoms with Crippen LogP contribution in [-0.4, -0.2) is 17.0 Å². The molecule has 0 spiro atoms. The van der Waals surface area contributed by atoms with Crippen LogP contribution in [0.3, 0.4) is 0 Å². The van der Waals surface area contributed by atoms with Gasteiger partial charge in [0.05, 0.1) is 10.7 Å². The molecule has 5 nitrogen and oxygen atoms in total. The summed E-state index contributed by atoms with van der Waals surface area (Å²) in [5.74, 6) is -0.293. The van der Waals surface area contributed by atoms with Gasteiger partial charge in [0.2, 0.25) is 5.91 Å². The standard InChI is InChI=1S/C14H18ClN3O2/c1-9-5-4-6-10(15)11(9)17-13(19)14(12(16)18-20)7-2-3-8-14/h4-6,20H,2-3,7-8H2,1H3,(H2,16,18)(H,17,19). The number of halogens is 1. The Hall–Kier alpha value is -1.75. The number of nitrogens with zero attached hydrogens (tertiary/aromatic N) is 1. The monoisotopic (exact) mass is 295 g/mol. The lowest BCUT2D eigenvalue weighted by Crippen LogP contribution is -2.45. The number of amidine groups is 1. The molecule has 1 aliphatic rings. The second kappa shape index (κ2) is 5.71. The second-order valence-corrected chi connectivity index (χ2v) is 5.57. The summed E-state index contributed by atoms with van der Waals surface area (Å²) in [4.78, 5) is 12.6. The van der Waals surface area contributed by atoms with E-state index in [1.54, 1.807) is 6.07 Å². The quantitative estimate of drug-likeness (QED) is 0.347. The van der Waals surface area contributed by atoms with Crippen molar-refractivity contribution in [2.24, 2.45) is 16.3 Å². The molecular formula is C14H18ClN3O2. The van der Waals surface area contributed by atoms with Gasteiger partial charge in [-0.1, -0.05) is 41.7 Å². The van der Waals surface area contributed by atoms with Crippen molar-refractivity contribution in [3.05, 3.63) is 28.8 Å². The molecule has 0 saturated heterocycles. The van der Waals surface area contributed by atoms with Gasteiger partial charge in [0.25, 0.3) is 0 Å². The average Bonchev–Trinajstić information content (AvgIpc) is 2.92. The van der Waals surface area contributed by atoms with Gasteiger partial charge in [-0.25, -0.2) is 0 Å². The number of nitrogens with two attached hydrogens (primary N) is 1. The second-order valence-electron chi connectivity index (χ2n) is 5.16. The number of benzene rings is 1. The van der Waals surface area contributed by atoms with Crippen molar-refractivity contribution >= 4 is 29.0 Å². The third-order valence-corrected chi connectivity index (χ3v) is 4.27. The first-order valence-corrected chi connectivity index (χ1v) is 6.93. The van der Waals surface area contributed by atoms with Crippen molar-refractivity contribution in [3.63, 3.8) is 0 Å². The lowest BCUT2D eigenvalue weighted by atomic mass is 9.83. The number of oxime groups is 1. The van der Waals surface area contributed by atoms with Crippen LogP contribution in [0, 0.1) is 12.3 Å². The molecule has 0 bridgehead atoms. The van der Waals surface area contributed by atoms with Crippen molar-refractivity contribution < 1.29 is 10.0 Å². The molecule has 0 aromatic heterocycles. The molecule has 1 fully saturated rings. The van der Waals surface area contributed by atoms with E-state index in [4.69, 9.17) is 22.5 Å². The van der Waals surface area contributed by atoms with E-state index in [0.717, 1.165) is 18.4 Å². The van der Waals surface area contributed by atoms with E-state index in [1.807, 2.05) is 19.1 Å². The van der Waals surface area contributed by atoms with E-state index in [0.29, 0.717) is 23.6 Å². The third kappa shape index (κ3) is 2.45. The SMILES string of the molecule is Cc1cccc(Cl)c1NC(=O)C1(C(N)=NO)CCCC1. The molecule has 0 radical (unpaired) electrons. The molecule has 20 heavy (non-hydrogen) atoms. The van der Waals surface area contributed by atoms with Crippen LogP contribution in [0.15, 0.2) is 23.4 Å². The summed E-state index contributed by atoms with van der Waals surface area (Å²) >= 11 is 6.11. The van der Waals surface area contributed by atoms with Crippen LogP contribution in [0.25, 0.3) is 0 Å². The van der Waals surface area contributed by atoms with Gasteiger partial charge in [0.1, 0.15) is 5.41 Å². The molecule has 1 aromatic rings. The number of hydrogen-bond acceptors (Lipinski definition) is 3. The van der Waals surface area contributed by atoms with Crippen molar-refractivity contribution in [3.8, 4) is 0 Å². The predicted molar refractivity (Wildman–Crippen MR) is 79.1 cm³/mol. The van der Waals surface area contributed by atoms with Gasteiger partial charge < -0.3 is 16.3 Å². The summed E-state index contributed by atoms with van der Waals surface area (Å²) in [5.41, 5.74) is 6.27. The zero-order valence-electron chi connectivity index (χ0n) is 11.3. The number of rotatable bonds is 3. The normalized spacial score (nSPS) is 18.0. The molecule has 2 rings (SSSR count). The molecule has 0 heterocycles. The molecule has 6 heteroatoms. The zero-order chi connectivity index (χ0) is 14.8. The lowest BCUT2D eigenvalue weighted by Gasteiger charge is -2.26. The number of carbonyl (C=O) groups excluding carboxylic acids is 1. The number of amides is 1. The first-order valence-electron chi connectivity index (χ1n) is 6.56. The van der Waals surface area contributed by atoms with Gasteiger partial charge in [-0.15, -0.1) is 0 Å². The molecule has 1 aliphatic carbocycles. The van der Waals surface area contributed by atoms with Crippen LogP contribution in [-0.2, 0) is 4.79 Å². The van der Waals surface area contributed by atoms with E-state index in [-0.39, 0.29) is 11.7 Å². The van der Waals surface area contributed by atoms with Gasteiger partial charge in [-0.05, 0) is 31.4 Å². The Morgan fingerprint density at radius 3 is 2.65 bits per heavy atom. The molecule has 108 valence electrons. The van der Waals surface area contributed by atoms with E-state index < -0.39 is 5.41 Å². The van der Waals surface area contributed by atoms with E-state index in [1.165, 1.54) is 0 Å². The van der Waals surface area contributed by atoms with E-state index in [9.17, 15) is 4.79 Å². The number of carbonyl (C=O) groups is 1. The Labute approximate surface area is 122 Å².